The summed E-state index contributed by atoms with van der Waals surface area (Å²) in [5.41, 5.74) is 8.82. The van der Waals surface area contributed by atoms with Crippen molar-refractivity contribution in [3.8, 4) is 0 Å². The van der Waals surface area contributed by atoms with Gasteiger partial charge in [0, 0.05) is 21.9 Å². The van der Waals surface area contributed by atoms with Crippen LogP contribution < -0.4 is 16.3 Å². The van der Waals surface area contributed by atoms with E-state index in [1.807, 2.05) is 0 Å². The number of H-pyrrole nitrogens is 1. The Hall–Kier alpha value is -0.540. The quantitative estimate of drug-likeness (QED) is 0.757. The molecule has 1 heterocycles. The Morgan fingerprint density at radius 3 is 2.94 bits per heavy atom. The van der Waals surface area contributed by atoms with E-state index in [0.717, 1.165) is 12.8 Å². The molecule has 0 spiro atoms. The zero-order valence-electron chi connectivity index (χ0n) is 9.89. The van der Waals surface area contributed by atoms with Gasteiger partial charge in [-0.25, -0.2) is 0 Å². The van der Waals surface area contributed by atoms with Gasteiger partial charge in [0.05, 0.1) is 0 Å². The predicted octanol–water partition coefficient (Wildman–Crippen LogP) is 1.72. The molecule has 2 unspecified atom stereocenters. The monoisotopic (exact) mass is 282 g/mol. The molecule has 1 aliphatic rings. The number of nitrogens with one attached hydrogen (secondary N) is 1. The molecule has 0 saturated carbocycles. The second kappa shape index (κ2) is 4.76. The lowest BCUT2D eigenvalue weighted by atomic mass is 9.93. The molecule has 0 aliphatic heterocycles. The van der Waals surface area contributed by atoms with Crippen LogP contribution in [0.25, 0.3) is 12.2 Å². The Kier molecular flexibility index (Phi) is 3.55. The summed E-state index contributed by atoms with van der Waals surface area (Å²) in [6.45, 7) is 4.21. The molecule has 1 aliphatic carbocycles. The van der Waals surface area contributed by atoms with Gasteiger partial charge in [0.25, 0.3) is 0 Å². The maximum Gasteiger partial charge on any atom is 0.0451 e. The van der Waals surface area contributed by atoms with Gasteiger partial charge in [0.1, 0.15) is 0 Å². The minimum absolute atomic E-state index is 0.190. The molecule has 2 atom stereocenters. The number of fused-ring (bicyclic) bond motifs is 1. The van der Waals surface area contributed by atoms with Crippen molar-refractivity contribution in [2.45, 2.75) is 44.0 Å². The first-order valence-corrected chi connectivity index (χ1v) is 6.83. The van der Waals surface area contributed by atoms with Crippen LogP contribution in [0.4, 0.5) is 0 Å². The fourth-order valence-electron chi connectivity index (χ4n) is 2.47. The van der Waals surface area contributed by atoms with Crippen molar-refractivity contribution in [3.63, 3.8) is 0 Å². The highest BCUT2D eigenvalue weighted by Gasteiger charge is 2.19. The van der Waals surface area contributed by atoms with Crippen molar-refractivity contribution in [3.05, 3.63) is 21.8 Å². The van der Waals surface area contributed by atoms with E-state index in [0.29, 0.717) is 4.83 Å². The minimum Gasteiger partial charge on any atom is -0.357 e. The summed E-state index contributed by atoms with van der Waals surface area (Å²) in [6.07, 6.45) is 7.85. The third kappa shape index (κ3) is 2.11. The zero-order valence-corrected chi connectivity index (χ0v) is 11.5. The Morgan fingerprint density at radius 1 is 1.56 bits per heavy atom. The first-order valence-electron chi connectivity index (χ1n) is 5.92. The molecule has 1 aromatic heterocycles. The summed E-state index contributed by atoms with van der Waals surface area (Å²) in [6, 6.07) is 0.190. The SMILES string of the molecule is C/C=c1/[nH]c2c(/c1=C/C(C)Br)CCCC2N. The predicted molar refractivity (Wildman–Crippen MR) is 72.9 cm³/mol. The van der Waals surface area contributed by atoms with E-state index >= 15 is 0 Å². The largest absolute Gasteiger partial charge is 0.357 e. The Labute approximate surface area is 105 Å². The van der Waals surface area contributed by atoms with Gasteiger partial charge in [0.15, 0.2) is 0 Å². The van der Waals surface area contributed by atoms with Gasteiger partial charge in [-0.1, -0.05) is 28.1 Å². The molecule has 2 rings (SSSR count). The molecule has 0 fully saturated rings. The van der Waals surface area contributed by atoms with Gasteiger partial charge in [-0.3, -0.25) is 0 Å². The number of alkyl halides is 1. The van der Waals surface area contributed by atoms with E-state index in [2.05, 4.69) is 46.9 Å². The van der Waals surface area contributed by atoms with Gasteiger partial charge in [0.2, 0.25) is 0 Å². The van der Waals surface area contributed by atoms with Crippen molar-refractivity contribution < 1.29 is 0 Å². The normalized spacial score (nSPS) is 24.6. The van der Waals surface area contributed by atoms with Crippen LogP contribution in [-0.4, -0.2) is 9.81 Å². The van der Waals surface area contributed by atoms with Gasteiger partial charge in [-0.05, 0) is 43.9 Å². The van der Waals surface area contributed by atoms with E-state index in [1.165, 1.54) is 28.2 Å². The number of hydrogen-bond donors (Lipinski definition) is 2. The summed E-state index contributed by atoms with van der Waals surface area (Å²) >= 11 is 3.59. The lowest BCUT2D eigenvalue weighted by Crippen LogP contribution is -2.26. The van der Waals surface area contributed by atoms with Crippen molar-refractivity contribution in [1.82, 2.24) is 4.98 Å². The second-order valence-corrected chi connectivity index (χ2v) is 5.92. The van der Waals surface area contributed by atoms with E-state index in [-0.39, 0.29) is 6.04 Å². The van der Waals surface area contributed by atoms with Crippen molar-refractivity contribution in [2.24, 2.45) is 5.73 Å². The van der Waals surface area contributed by atoms with Crippen LogP contribution in [0.2, 0.25) is 0 Å². The first kappa shape index (κ1) is 11.9. The highest BCUT2D eigenvalue weighted by atomic mass is 79.9. The molecule has 3 N–H and O–H groups in total. The topological polar surface area (TPSA) is 41.8 Å². The Morgan fingerprint density at radius 2 is 2.31 bits per heavy atom. The molecule has 0 saturated heterocycles. The van der Waals surface area contributed by atoms with Crippen molar-refractivity contribution in [1.29, 1.82) is 0 Å². The van der Waals surface area contributed by atoms with Crippen LogP contribution in [0.15, 0.2) is 0 Å². The highest BCUT2D eigenvalue weighted by molar-refractivity contribution is 9.09. The number of rotatable bonds is 1. The van der Waals surface area contributed by atoms with Crippen LogP contribution in [0.5, 0.6) is 0 Å². The average Bonchev–Trinajstić information content (AvgIpc) is 2.58. The van der Waals surface area contributed by atoms with Crippen LogP contribution in [0.1, 0.15) is 44.0 Å². The fraction of sp³-hybridized carbons (Fsp3) is 0.538. The second-order valence-electron chi connectivity index (χ2n) is 4.48. The van der Waals surface area contributed by atoms with E-state index < -0.39 is 0 Å². The maximum atomic E-state index is 6.14. The molecule has 88 valence electrons. The van der Waals surface area contributed by atoms with Gasteiger partial charge < -0.3 is 10.7 Å². The molecule has 2 nitrogen and oxygen atoms in total. The third-order valence-corrected chi connectivity index (χ3v) is 3.47. The van der Waals surface area contributed by atoms with E-state index in [4.69, 9.17) is 5.73 Å². The summed E-state index contributed by atoms with van der Waals surface area (Å²) < 4.78 is 0. The number of halogens is 1. The molecule has 0 radical (unpaired) electrons. The molecular weight excluding hydrogens is 264 g/mol. The van der Waals surface area contributed by atoms with Gasteiger partial charge >= 0.3 is 0 Å². The summed E-state index contributed by atoms with van der Waals surface area (Å²) in [7, 11) is 0. The molecule has 0 bridgehead atoms. The van der Waals surface area contributed by atoms with Crippen LogP contribution in [0, 0.1) is 0 Å². The van der Waals surface area contributed by atoms with E-state index in [9.17, 15) is 0 Å². The number of aromatic amines is 1. The molecule has 1 aromatic rings. The van der Waals surface area contributed by atoms with Crippen LogP contribution >= 0.6 is 15.9 Å². The van der Waals surface area contributed by atoms with Gasteiger partial charge in [-0.2, -0.15) is 0 Å². The highest BCUT2D eigenvalue weighted by Crippen LogP contribution is 2.23. The molecule has 0 aromatic carbocycles. The summed E-state index contributed by atoms with van der Waals surface area (Å²) in [4.78, 5) is 3.87. The first-order chi connectivity index (χ1) is 7.63. The maximum absolute atomic E-state index is 6.14. The zero-order chi connectivity index (χ0) is 11.7. The Bertz CT molecular complexity index is 485. The molecule has 0 amide bonds. The molecule has 16 heavy (non-hydrogen) atoms. The number of nitrogens with two attached hydrogens (primary N) is 1. The van der Waals surface area contributed by atoms with Crippen molar-refractivity contribution >= 4 is 28.1 Å². The summed E-state index contributed by atoms with van der Waals surface area (Å²) in [5.74, 6) is 0. The lowest BCUT2D eigenvalue weighted by molar-refractivity contribution is 0.559. The number of hydrogen-bond acceptors (Lipinski definition) is 1. The Balaban J connectivity index is 2.68. The number of aromatic nitrogens is 1. The smallest absolute Gasteiger partial charge is 0.0451 e. The van der Waals surface area contributed by atoms with Crippen molar-refractivity contribution in [2.75, 3.05) is 0 Å². The van der Waals surface area contributed by atoms with E-state index in [1.54, 1.807) is 0 Å². The van der Waals surface area contributed by atoms with Gasteiger partial charge in [-0.15, -0.1) is 0 Å². The standard InChI is InChI=1S/C13H19BrN2/c1-3-12-10(7-8(2)14)9-5-4-6-11(15)13(9)16-12/h3,7-8,11,16H,4-6,15H2,1-2H3/b10-7-,12-3+. The molecule has 3 heteroatoms. The lowest BCUT2D eigenvalue weighted by Gasteiger charge is -2.18. The fourth-order valence-corrected chi connectivity index (χ4v) is 2.74. The molecular formula is C13H19BrN2. The average molecular weight is 283 g/mol. The van der Waals surface area contributed by atoms with Crippen LogP contribution in [-0.2, 0) is 6.42 Å². The minimum atomic E-state index is 0.190. The third-order valence-electron chi connectivity index (χ3n) is 3.21. The van der Waals surface area contributed by atoms with Crippen LogP contribution in [0.3, 0.4) is 0 Å². The summed E-state index contributed by atoms with van der Waals surface area (Å²) in [5, 5.41) is 2.56.